The zero-order valence-electron chi connectivity index (χ0n) is 7.18. The second-order valence-corrected chi connectivity index (χ2v) is 6.69. The molecule has 0 aliphatic carbocycles. The normalized spacial score (nSPS) is 12.8. The molecule has 0 spiro atoms. The van der Waals surface area contributed by atoms with Crippen LogP contribution in [0.5, 0.6) is 0 Å². The summed E-state index contributed by atoms with van der Waals surface area (Å²) in [6, 6.07) is 0. The Balaban J connectivity index is 3.37. The van der Waals surface area contributed by atoms with Crippen molar-refractivity contribution in [3.63, 3.8) is 0 Å². The lowest BCUT2D eigenvalue weighted by atomic mass is 10.2. The van der Waals surface area contributed by atoms with E-state index in [0.29, 0.717) is 0 Å². The van der Waals surface area contributed by atoms with Gasteiger partial charge in [0.25, 0.3) is 8.32 Å². The molecule has 0 aliphatic rings. The molecule has 0 aromatic carbocycles. The summed E-state index contributed by atoms with van der Waals surface area (Å²) in [7, 11) is -2.14. The van der Waals surface area contributed by atoms with Crippen LogP contribution in [-0.4, -0.2) is 8.32 Å². The summed E-state index contributed by atoms with van der Waals surface area (Å²) in [5.74, 6) is 0. The van der Waals surface area contributed by atoms with Gasteiger partial charge in [-0.25, -0.2) is 0 Å². The minimum atomic E-state index is -2.14. The zero-order chi connectivity index (χ0) is 8.04. The van der Waals surface area contributed by atoms with Gasteiger partial charge in [-0.2, -0.15) is 0 Å². The Kier molecular flexibility index (Phi) is 4.65. The third-order valence-corrected chi connectivity index (χ3v) is 2.28. The summed E-state index contributed by atoms with van der Waals surface area (Å²) in [6.07, 6.45) is 5.55. The van der Waals surface area contributed by atoms with E-state index in [2.05, 4.69) is 6.92 Å². The Morgan fingerprint density at radius 3 is 2.40 bits per heavy atom. The Morgan fingerprint density at radius 2 is 2.00 bits per heavy atom. The average molecular weight is 157 g/mol. The highest BCUT2D eigenvalue weighted by Gasteiger charge is 2.13. The van der Waals surface area contributed by atoms with Crippen LogP contribution >= 0.6 is 0 Å². The topological polar surface area (TPSA) is 19.9 Å². The van der Waals surface area contributed by atoms with Crippen molar-refractivity contribution in [3.05, 3.63) is 11.8 Å². The molecule has 0 heterocycles. The largest absolute Gasteiger partial charge is 0.293 e. The fourth-order valence-electron chi connectivity index (χ4n) is 0.689. The molecule has 0 bridgehead atoms. The van der Waals surface area contributed by atoms with Crippen molar-refractivity contribution in [3.8, 4) is 0 Å². The number of rotatable bonds is 4. The van der Waals surface area contributed by atoms with Crippen molar-refractivity contribution in [1.29, 1.82) is 0 Å². The van der Waals surface area contributed by atoms with E-state index in [-0.39, 0.29) is 0 Å². The predicted molar refractivity (Wildman–Crippen MR) is 46.8 cm³/mol. The molecule has 0 saturated heterocycles. The summed E-state index contributed by atoms with van der Waals surface area (Å²) >= 11 is 0. The fourth-order valence-corrected chi connectivity index (χ4v) is 1.42. The van der Waals surface area contributed by atoms with Crippen LogP contribution in [0.4, 0.5) is 0 Å². The second-order valence-electron chi connectivity index (χ2n) is 3.15. The second kappa shape index (κ2) is 4.69. The molecule has 0 amide bonds. The van der Waals surface area contributed by atoms with Crippen molar-refractivity contribution in [2.24, 2.45) is 0 Å². The Morgan fingerprint density at radius 1 is 1.40 bits per heavy atom. The molecule has 59 valence electrons. The van der Waals surface area contributed by atoms with E-state index in [0.717, 1.165) is 6.42 Å². The highest BCUT2D eigenvalue weighted by molar-refractivity contribution is 6.74. The minimum absolute atomic E-state index is 1.08. The van der Waals surface area contributed by atoms with E-state index < -0.39 is 8.32 Å². The number of allylic oxidation sites excluding steroid dienone is 1. The van der Waals surface area contributed by atoms with Crippen LogP contribution in [0.3, 0.4) is 0 Å². The van der Waals surface area contributed by atoms with Crippen LogP contribution in [0.1, 0.15) is 26.2 Å². The van der Waals surface area contributed by atoms with Gasteiger partial charge in [-0.1, -0.05) is 31.5 Å². The summed E-state index contributed by atoms with van der Waals surface area (Å²) < 4.78 is 0. The van der Waals surface area contributed by atoms with E-state index in [1.54, 1.807) is 0 Å². The molecule has 0 fully saturated rings. The Bertz CT molecular complexity index is 102. The molecule has 0 aliphatic heterocycles. The van der Waals surface area contributed by atoms with Gasteiger partial charge in [-0.3, -0.25) is 4.80 Å². The molecule has 0 rings (SSSR count). The Hall–Kier alpha value is -0.0831. The molecule has 1 radical (unpaired) electrons. The number of unbranched alkanes of at least 4 members (excludes halogenated alkanes) is 2. The van der Waals surface area contributed by atoms with E-state index in [1.165, 1.54) is 12.8 Å². The molecular formula is C8H17OSi. The number of hydrogen-bond acceptors (Lipinski definition) is 0. The third kappa shape index (κ3) is 7.92. The first-order valence-corrected chi connectivity index (χ1v) is 6.93. The Labute approximate surface area is 64.9 Å². The number of hydrogen-bond donors (Lipinski definition) is 0. The zero-order valence-corrected chi connectivity index (χ0v) is 8.18. The molecule has 2 heteroatoms. The first kappa shape index (κ1) is 9.92. The lowest BCUT2D eigenvalue weighted by Gasteiger charge is -2.01. The molecule has 0 N–H and O–H groups in total. The van der Waals surface area contributed by atoms with Gasteiger partial charge in [0.2, 0.25) is 0 Å². The third-order valence-electron chi connectivity index (χ3n) is 1.24. The van der Waals surface area contributed by atoms with Gasteiger partial charge in [-0.05, 0) is 19.5 Å². The molecule has 10 heavy (non-hydrogen) atoms. The quantitative estimate of drug-likeness (QED) is 0.442. The highest BCUT2D eigenvalue weighted by Crippen LogP contribution is 2.01. The van der Waals surface area contributed by atoms with Gasteiger partial charge >= 0.3 is 0 Å². The molecule has 1 nitrogen and oxygen atoms in total. The first-order chi connectivity index (χ1) is 4.56. The van der Waals surface area contributed by atoms with Gasteiger partial charge in [0.1, 0.15) is 0 Å². The van der Waals surface area contributed by atoms with Crippen molar-refractivity contribution in [1.82, 2.24) is 0 Å². The smallest absolute Gasteiger partial charge is 0.254 e. The average Bonchev–Trinajstić information content (AvgIpc) is 1.78. The van der Waals surface area contributed by atoms with Gasteiger partial charge in [0.15, 0.2) is 0 Å². The maximum Gasteiger partial charge on any atom is 0.254 e. The van der Waals surface area contributed by atoms with Crippen LogP contribution in [0.25, 0.3) is 0 Å². The minimum Gasteiger partial charge on any atom is -0.293 e. The van der Waals surface area contributed by atoms with Crippen LogP contribution in [-0.2, 0) is 4.80 Å². The van der Waals surface area contributed by atoms with E-state index in [4.69, 9.17) is 0 Å². The molecule has 0 aromatic heterocycles. The van der Waals surface area contributed by atoms with E-state index in [9.17, 15) is 4.80 Å². The fraction of sp³-hybridized carbons (Fsp3) is 0.750. The van der Waals surface area contributed by atoms with Gasteiger partial charge in [-0.15, -0.1) is 0 Å². The first-order valence-electron chi connectivity index (χ1n) is 3.94. The maximum atomic E-state index is 11.1. The van der Waals surface area contributed by atoms with Crippen LogP contribution in [0.2, 0.25) is 13.1 Å². The standard InChI is InChI=1S/C8H17OSi/c1-4-5-6-7-8-10(2,3)9/h7-8H,4-6H2,1-3H3. The molecule has 0 atom stereocenters. The predicted octanol–water partition coefficient (Wildman–Crippen LogP) is 2.91. The molecular weight excluding hydrogens is 140 g/mol. The van der Waals surface area contributed by atoms with Crippen LogP contribution < -0.4 is 0 Å². The highest BCUT2D eigenvalue weighted by atomic mass is 28.4. The molecule has 0 aromatic rings. The molecule has 0 saturated carbocycles. The summed E-state index contributed by atoms with van der Waals surface area (Å²) in [5, 5.41) is 0. The van der Waals surface area contributed by atoms with Crippen molar-refractivity contribution in [2.75, 3.05) is 0 Å². The van der Waals surface area contributed by atoms with E-state index in [1.807, 2.05) is 24.9 Å². The van der Waals surface area contributed by atoms with Crippen molar-refractivity contribution >= 4 is 8.32 Å². The maximum absolute atomic E-state index is 11.1. The summed E-state index contributed by atoms with van der Waals surface area (Å²) in [6.45, 7) is 5.79. The van der Waals surface area contributed by atoms with Gasteiger partial charge in [0, 0.05) is 0 Å². The van der Waals surface area contributed by atoms with Crippen molar-refractivity contribution < 1.29 is 4.80 Å². The van der Waals surface area contributed by atoms with Gasteiger partial charge in [0.05, 0.1) is 0 Å². The summed E-state index contributed by atoms with van der Waals surface area (Å²) in [5.41, 5.74) is 1.88. The SMILES string of the molecule is CCCCC=C[Si](C)(C)[O]. The summed E-state index contributed by atoms with van der Waals surface area (Å²) in [4.78, 5) is 11.1. The molecule has 0 unspecified atom stereocenters. The van der Waals surface area contributed by atoms with Gasteiger partial charge < -0.3 is 0 Å². The van der Waals surface area contributed by atoms with Crippen LogP contribution in [0.15, 0.2) is 11.8 Å². The monoisotopic (exact) mass is 157 g/mol. The lowest BCUT2D eigenvalue weighted by molar-refractivity contribution is 0.442. The lowest BCUT2D eigenvalue weighted by Crippen LogP contribution is -2.18. The van der Waals surface area contributed by atoms with Crippen molar-refractivity contribution in [2.45, 2.75) is 39.3 Å². The van der Waals surface area contributed by atoms with Crippen LogP contribution in [0, 0.1) is 0 Å². The van der Waals surface area contributed by atoms with E-state index >= 15 is 0 Å².